The highest BCUT2D eigenvalue weighted by atomic mass is 32.2. The Labute approximate surface area is 247 Å². The fourth-order valence-electron chi connectivity index (χ4n) is 4.69. The summed E-state index contributed by atoms with van der Waals surface area (Å²) >= 11 is 0. The number of carbonyl (C=O) groups excluding carboxylic acids is 1. The van der Waals surface area contributed by atoms with Crippen LogP contribution in [0.2, 0.25) is 0 Å². The van der Waals surface area contributed by atoms with Crippen LogP contribution >= 0.6 is 0 Å². The van der Waals surface area contributed by atoms with Crippen LogP contribution in [0, 0.1) is 12.8 Å². The van der Waals surface area contributed by atoms with Crippen molar-refractivity contribution in [3.8, 4) is 5.75 Å². The molecule has 0 saturated heterocycles. The van der Waals surface area contributed by atoms with Crippen LogP contribution in [0.5, 0.6) is 5.75 Å². The van der Waals surface area contributed by atoms with Crippen molar-refractivity contribution in [1.82, 2.24) is 18.8 Å². The highest BCUT2D eigenvalue weighted by Crippen LogP contribution is 2.30. The fraction of sp³-hybridized carbons (Fsp3) is 0.429. The van der Waals surface area contributed by atoms with Gasteiger partial charge in [-0.25, -0.2) is 13.4 Å². The van der Waals surface area contributed by atoms with E-state index in [-0.39, 0.29) is 53.6 Å². The number of sulfonamides is 2. The van der Waals surface area contributed by atoms with Crippen LogP contribution in [0.25, 0.3) is 0 Å². The first-order valence-electron chi connectivity index (χ1n) is 13.4. The van der Waals surface area contributed by atoms with E-state index in [0.29, 0.717) is 11.3 Å². The second kappa shape index (κ2) is 12.4. The van der Waals surface area contributed by atoms with E-state index in [9.17, 15) is 26.7 Å². The Morgan fingerprint density at radius 3 is 2.48 bits per heavy atom. The molecule has 0 spiro atoms. The van der Waals surface area contributed by atoms with Gasteiger partial charge in [0.15, 0.2) is 5.03 Å². The van der Waals surface area contributed by atoms with Crippen LogP contribution < -0.4 is 9.46 Å². The largest absolute Gasteiger partial charge is 0.488 e. The summed E-state index contributed by atoms with van der Waals surface area (Å²) in [6.45, 7) is 5.41. The number of benzene rings is 2. The van der Waals surface area contributed by atoms with Crippen LogP contribution in [0.3, 0.4) is 0 Å². The molecule has 14 heteroatoms. The summed E-state index contributed by atoms with van der Waals surface area (Å²) in [6.07, 6.45) is 1.95. The number of nitrogens with one attached hydrogen (secondary N) is 1. The van der Waals surface area contributed by atoms with Gasteiger partial charge in [-0.1, -0.05) is 24.6 Å². The van der Waals surface area contributed by atoms with E-state index in [2.05, 4.69) is 9.71 Å². The van der Waals surface area contributed by atoms with Crippen molar-refractivity contribution >= 4 is 31.6 Å². The first-order chi connectivity index (χ1) is 19.7. The minimum absolute atomic E-state index is 0.0135. The molecular formula is C28H37N5O7S2. The Morgan fingerprint density at radius 2 is 1.86 bits per heavy atom. The Hall–Kier alpha value is -3.46. The Morgan fingerprint density at radius 1 is 1.17 bits per heavy atom. The fourth-order valence-corrected chi connectivity index (χ4v) is 6.90. The zero-order valence-electron chi connectivity index (χ0n) is 24.3. The van der Waals surface area contributed by atoms with Crippen molar-refractivity contribution < 1.29 is 31.5 Å². The summed E-state index contributed by atoms with van der Waals surface area (Å²) in [5.74, 6) is -0.271. The van der Waals surface area contributed by atoms with E-state index in [1.807, 2.05) is 13.8 Å². The molecule has 0 saturated carbocycles. The summed E-state index contributed by atoms with van der Waals surface area (Å²) in [7, 11) is -4.69. The smallest absolute Gasteiger partial charge is 0.280 e. The number of hydrogen-bond acceptors (Lipinski definition) is 8. The van der Waals surface area contributed by atoms with Crippen molar-refractivity contribution in [2.75, 3.05) is 31.5 Å². The summed E-state index contributed by atoms with van der Waals surface area (Å²) < 4.78 is 64.1. The summed E-state index contributed by atoms with van der Waals surface area (Å²) in [6, 6.07) is 10.7. The predicted octanol–water partition coefficient (Wildman–Crippen LogP) is 2.00. The molecular weight excluding hydrogens is 582 g/mol. The number of likely N-dealkylation sites (N-methyl/N-ethyl adjacent to an activating group) is 1. The van der Waals surface area contributed by atoms with Crippen LogP contribution in [-0.4, -0.2) is 85.5 Å². The third-order valence-electron chi connectivity index (χ3n) is 7.29. The molecule has 4 rings (SSSR count). The van der Waals surface area contributed by atoms with Gasteiger partial charge in [-0.3, -0.25) is 9.52 Å². The number of carbonyl (C=O) groups is 1. The number of aliphatic hydroxyl groups excluding tert-OH is 1. The number of imidazole rings is 1. The maximum Gasteiger partial charge on any atom is 0.280 e. The van der Waals surface area contributed by atoms with Gasteiger partial charge in [0, 0.05) is 44.0 Å². The lowest BCUT2D eigenvalue weighted by atomic mass is 10.0. The molecule has 2 aromatic carbocycles. The number of nitrogens with zero attached hydrogens (tertiary/aromatic N) is 4. The lowest BCUT2D eigenvalue weighted by molar-refractivity contribution is -0.134. The number of amides is 1. The highest BCUT2D eigenvalue weighted by molar-refractivity contribution is 7.92. The quantitative estimate of drug-likeness (QED) is 0.369. The van der Waals surface area contributed by atoms with Crippen LogP contribution in [0.15, 0.2) is 64.9 Å². The topological polar surface area (TPSA) is 151 Å². The molecule has 1 aliphatic rings. The second-order valence-corrected chi connectivity index (χ2v) is 14.5. The molecule has 2 N–H and O–H groups in total. The molecule has 0 fully saturated rings. The van der Waals surface area contributed by atoms with E-state index in [4.69, 9.17) is 4.74 Å². The molecule has 42 heavy (non-hydrogen) atoms. The summed E-state index contributed by atoms with van der Waals surface area (Å²) in [4.78, 5) is 19.1. The maximum absolute atomic E-state index is 13.5. The number of fused-ring (bicyclic) bond motifs is 1. The van der Waals surface area contributed by atoms with Gasteiger partial charge in [0.25, 0.3) is 10.0 Å². The van der Waals surface area contributed by atoms with E-state index >= 15 is 0 Å². The van der Waals surface area contributed by atoms with Gasteiger partial charge in [-0.05, 0) is 44.2 Å². The average Bonchev–Trinajstić information content (AvgIpc) is 3.40. The molecule has 0 unspecified atom stereocenters. The van der Waals surface area contributed by atoms with Crippen molar-refractivity contribution in [3.63, 3.8) is 0 Å². The minimum atomic E-state index is -3.99. The summed E-state index contributed by atoms with van der Waals surface area (Å²) in [5, 5.41) is 9.71. The second-order valence-electron chi connectivity index (χ2n) is 10.8. The van der Waals surface area contributed by atoms with Gasteiger partial charge in [0.1, 0.15) is 11.9 Å². The molecule has 1 aromatic heterocycles. The maximum atomic E-state index is 13.5. The zero-order valence-corrected chi connectivity index (χ0v) is 25.9. The lowest BCUT2D eigenvalue weighted by Gasteiger charge is -2.33. The van der Waals surface area contributed by atoms with Crippen molar-refractivity contribution in [1.29, 1.82) is 0 Å². The molecule has 228 valence electrons. The standard InChI is InChI=1S/C28H37N5O7S2/c1-19-6-9-24(10-7-19)42(38,39)32(5)15-26-20(2)14-33(21(3)17-34)28(35)13-22-12-23(8-11-25(22)40-26)30-41(36,37)27-16-31(4)18-29-27/h6-12,16,18,20-21,26,30,34H,13-15,17H2,1-5H3/t20-,21-,26-/m1/s1. The minimum Gasteiger partial charge on any atom is -0.488 e. The Balaban J connectivity index is 1.68. The number of aromatic nitrogens is 2. The van der Waals surface area contributed by atoms with E-state index in [1.54, 1.807) is 49.2 Å². The molecule has 3 atom stereocenters. The van der Waals surface area contributed by atoms with Gasteiger partial charge in [-0.2, -0.15) is 12.7 Å². The summed E-state index contributed by atoms with van der Waals surface area (Å²) in [5.41, 5.74) is 1.56. The normalized spacial score (nSPS) is 18.9. The van der Waals surface area contributed by atoms with E-state index in [1.165, 1.54) is 40.6 Å². The highest BCUT2D eigenvalue weighted by Gasteiger charge is 2.33. The van der Waals surface area contributed by atoms with Crippen molar-refractivity contribution in [3.05, 3.63) is 66.1 Å². The first kappa shape index (κ1) is 31.5. The van der Waals surface area contributed by atoms with Gasteiger partial charge in [0.05, 0.1) is 36.8 Å². The average molecular weight is 620 g/mol. The third-order valence-corrected chi connectivity index (χ3v) is 10.4. The zero-order chi connectivity index (χ0) is 30.8. The predicted molar refractivity (Wildman–Crippen MR) is 157 cm³/mol. The van der Waals surface area contributed by atoms with E-state index in [0.717, 1.165) is 5.56 Å². The van der Waals surface area contributed by atoms with Gasteiger partial charge >= 0.3 is 0 Å². The molecule has 0 bridgehead atoms. The van der Waals surface area contributed by atoms with Crippen LogP contribution in [0.4, 0.5) is 5.69 Å². The van der Waals surface area contributed by atoms with E-state index < -0.39 is 32.2 Å². The molecule has 3 aromatic rings. The molecule has 12 nitrogen and oxygen atoms in total. The molecule has 2 heterocycles. The van der Waals surface area contributed by atoms with Crippen molar-refractivity contribution in [2.45, 2.75) is 49.3 Å². The monoisotopic (exact) mass is 619 g/mol. The number of aliphatic hydroxyl groups is 1. The molecule has 1 aliphatic heterocycles. The molecule has 1 amide bonds. The number of rotatable bonds is 9. The number of anilines is 1. The van der Waals surface area contributed by atoms with Crippen molar-refractivity contribution in [2.24, 2.45) is 13.0 Å². The number of hydrogen-bond donors (Lipinski definition) is 2. The first-order valence-corrected chi connectivity index (χ1v) is 16.4. The Bertz CT molecular complexity index is 1640. The van der Waals surface area contributed by atoms with Crippen LogP contribution in [0.1, 0.15) is 25.0 Å². The number of aryl methyl sites for hydroxylation is 2. The third kappa shape index (κ3) is 6.94. The molecule has 0 aliphatic carbocycles. The lowest BCUT2D eigenvalue weighted by Crippen LogP contribution is -2.48. The number of ether oxygens (including phenoxy) is 1. The SMILES string of the molecule is Cc1ccc(S(=O)(=O)N(C)C[C@H]2Oc3ccc(NS(=O)(=O)c4cn(C)cn4)cc3CC(=O)N([C@H](C)CO)C[C@H]2C)cc1. The molecule has 0 radical (unpaired) electrons. The van der Waals surface area contributed by atoms with Gasteiger partial charge < -0.3 is 19.3 Å². The Kier molecular flexibility index (Phi) is 9.30. The van der Waals surface area contributed by atoms with Gasteiger partial charge in [0.2, 0.25) is 15.9 Å². The van der Waals surface area contributed by atoms with Gasteiger partial charge in [-0.15, -0.1) is 0 Å². The van der Waals surface area contributed by atoms with Crippen LogP contribution in [-0.2, 0) is 38.3 Å².